The van der Waals surface area contributed by atoms with Crippen molar-refractivity contribution in [3.63, 3.8) is 0 Å². The number of aryl methyl sites for hydroxylation is 3. The number of benzene rings is 1. The Hall–Kier alpha value is -1.65. The molecule has 2 atom stereocenters. The van der Waals surface area contributed by atoms with Crippen LogP contribution in [-0.2, 0) is 13.5 Å². The number of rotatable bonds is 5. The Labute approximate surface area is 133 Å². The lowest BCUT2D eigenvalue weighted by atomic mass is 10.0. The number of fused-ring (bicyclic) bond motifs is 1. The topological polar surface area (TPSA) is 33.1 Å². The summed E-state index contributed by atoms with van der Waals surface area (Å²) in [6, 6.07) is 7.68. The Kier molecular flexibility index (Phi) is 4.32. The molecule has 2 aromatic rings. The fraction of sp³-hybridized carbons (Fsp3) is 0.500. The Morgan fingerprint density at radius 3 is 2.91 bits per heavy atom. The van der Waals surface area contributed by atoms with Gasteiger partial charge in [0.1, 0.15) is 0 Å². The first-order valence-corrected chi connectivity index (χ1v) is 8.02. The monoisotopic (exact) mass is 298 g/mol. The van der Waals surface area contributed by atoms with E-state index in [0.29, 0.717) is 12.1 Å². The minimum atomic E-state index is 0.350. The molecule has 0 saturated heterocycles. The van der Waals surface area contributed by atoms with Crippen LogP contribution in [0.25, 0.3) is 0 Å². The van der Waals surface area contributed by atoms with E-state index in [1.54, 1.807) is 0 Å². The molecular formula is C18H26N4. The summed E-state index contributed by atoms with van der Waals surface area (Å²) in [5, 5.41) is 8.08. The van der Waals surface area contributed by atoms with Gasteiger partial charge in [0, 0.05) is 37.4 Å². The van der Waals surface area contributed by atoms with Crippen molar-refractivity contribution in [2.45, 2.75) is 31.8 Å². The molecule has 1 aliphatic carbocycles. The van der Waals surface area contributed by atoms with Crippen LogP contribution in [0.3, 0.4) is 0 Å². The number of aromatic nitrogens is 2. The second-order valence-corrected chi connectivity index (χ2v) is 6.63. The second-order valence-electron chi connectivity index (χ2n) is 6.63. The molecule has 22 heavy (non-hydrogen) atoms. The van der Waals surface area contributed by atoms with E-state index in [9.17, 15) is 0 Å². The molecule has 4 nitrogen and oxygen atoms in total. The molecule has 0 bridgehead atoms. The SMILES string of the molecule is Cc1ccc2c(c1)C(NCC(c1cnn(C)c1)N(C)C)CC2. The molecule has 0 spiro atoms. The fourth-order valence-electron chi connectivity index (χ4n) is 3.40. The lowest BCUT2D eigenvalue weighted by Gasteiger charge is -2.26. The molecule has 1 N–H and O–H groups in total. The van der Waals surface area contributed by atoms with Gasteiger partial charge < -0.3 is 10.2 Å². The quantitative estimate of drug-likeness (QED) is 0.921. The van der Waals surface area contributed by atoms with Gasteiger partial charge in [-0.05, 0) is 45.0 Å². The minimum absolute atomic E-state index is 0.350. The predicted molar refractivity (Wildman–Crippen MR) is 89.9 cm³/mol. The largest absolute Gasteiger partial charge is 0.308 e. The summed E-state index contributed by atoms with van der Waals surface area (Å²) in [7, 11) is 6.23. The third-order valence-electron chi connectivity index (χ3n) is 4.67. The zero-order chi connectivity index (χ0) is 15.7. The first-order valence-electron chi connectivity index (χ1n) is 8.02. The highest BCUT2D eigenvalue weighted by Crippen LogP contribution is 2.32. The Balaban J connectivity index is 1.71. The van der Waals surface area contributed by atoms with Crippen molar-refractivity contribution >= 4 is 0 Å². The molecular weight excluding hydrogens is 272 g/mol. The van der Waals surface area contributed by atoms with Crippen LogP contribution in [0.5, 0.6) is 0 Å². The van der Waals surface area contributed by atoms with Crippen molar-refractivity contribution in [2.24, 2.45) is 7.05 Å². The van der Waals surface area contributed by atoms with Gasteiger partial charge in [-0.15, -0.1) is 0 Å². The minimum Gasteiger partial charge on any atom is -0.308 e. The Morgan fingerprint density at radius 1 is 1.41 bits per heavy atom. The average molecular weight is 298 g/mol. The Bertz CT molecular complexity index is 644. The van der Waals surface area contributed by atoms with Crippen molar-refractivity contribution < 1.29 is 0 Å². The summed E-state index contributed by atoms with van der Waals surface area (Å²) in [5.74, 6) is 0. The van der Waals surface area contributed by atoms with Crippen LogP contribution in [-0.4, -0.2) is 35.3 Å². The molecule has 1 heterocycles. The third-order valence-corrected chi connectivity index (χ3v) is 4.67. The van der Waals surface area contributed by atoms with Crippen LogP contribution in [0.1, 0.15) is 40.8 Å². The van der Waals surface area contributed by atoms with Crippen LogP contribution >= 0.6 is 0 Å². The molecule has 4 heteroatoms. The van der Waals surface area contributed by atoms with E-state index in [4.69, 9.17) is 0 Å². The van der Waals surface area contributed by atoms with Crippen LogP contribution in [0, 0.1) is 6.92 Å². The van der Waals surface area contributed by atoms with Crippen LogP contribution in [0.4, 0.5) is 0 Å². The summed E-state index contributed by atoms with van der Waals surface area (Å²) in [6.45, 7) is 3.12. The van der Waals surface area contributed by atoms with Gasteiger partial charge in [0.25, 0.3) is 0 Å². The van der Waals surface area contributed by atoms with Gasteiger partial charge >= 0.3 is 0 Å². The van der Waals surface area contributed by atoms with Crippen molar-refractivity contribution in [2.75, 3.05) is 20.6 Å². The van der Waals surface area contributed by atoms with Gasteiger partial charge in [0.05, 0.1) is 6.20 Å². The molecule has 0 saturated carbocycles. The van der Waals surface area contributed by atoms with Crippen LogP contribution < -0.4 is 5.32 Å². The highest BCUT2D eigenvalue weighted by atomic mass is 15.2. The Morgan fingerprint density at radius 2 is 2.23 bits per heavy atom. The lowest BCUT2D eigenvalue weighted by Crippen LogP contribution is -2.32. The smallest absolute Gasteiger partial charge is 0.0538 e. The van der Waals surface area contributed by atoms with E-state index in [-0.39, 0.29) is 0 Å². The lowest BCUT2D eigenvalue weighted by molar-refractivity contribution is 0.279. The maximum absolute atomic E-state index is 4.31. The molecule has 0 fully saturated rings. The van der Waals surface area contributed by atoms with Gasteiger partial charge in [-0.3, -0.25) is 4.68 Å². The van der Waals surface area contributed by atoms with Gasteiger partial charge in [-0.1, -0.05) is 23.8 Å². The summed E-state index contributed by atoms with van der Waals surface area (Å²) < 4.78 is 1.88. The molecule has 1 aromatic heterocycles. The van der Waals surface area contributed by atoms with E-state index >= 15 is 0 Å². The number of hydrogen-bond acceptors (Lipinski definition) is 3. The molecule has 0 radical (unpaired) electrons. The summed E-state index contributed by atoms with van der Waals surface area (Å²) in [5.41, 5.74) is 5.61. The summed E-state index contributed by atoms with van der Waals surface area (Å²) in [4.78, 5) is 2.26. The van der Waals surface area contributed by atoms with Crippen molar-refractivity contribution in [3.8, 4) is 0 Å². The van der Waals surface area contributed by atoms with Crippen molar-refractivity contribution in [1.29, 1.82) is 0 Å². The first-order chi connectivity index (χ1) is 10.5. The van der Waals surface area contributed by atoms with Gasteiger partial charge in [0.2, 0.25) is 0 Å². The van der Waals surface area contributed by atoms with Crippen molar-refractivity contribution in [1.82, 2.24) is 20.0 Å². The number of likely N-dealkylation sites (N-methyl/N-ethyl adjacent to an activating group) is 1. The molecule has 1 aromatic carbocycles. The molecule has 2 unspecified atom stereocenters. The molecule has 1 aliphatic rings. The van der Waals surface area contributed by atoms with E-state index in [1.165, 1.54) is 35.1 Å². The van der Waals surface area contributed by atoms with Crippen molar-refractivity contribution in [3.05, 3.63) is 52.8 Å². The summed E-state index contributed by atoms with van der Waals surface area (Å²) >= 11 is 0. The number of nitrogens with zero attached hydrogens (tertiary/aromatic N) is 3. The molecule has 118 valence electrons. The third kappa shape index (κ3) is 3.08. The standard InChI is InChI=1S/C18H26N4/c1-13-5-6-14-7-8-17(16(14)9-13)19-11-18(21(2)3)15-10-20-22(4)12-15/h5-6,9-10,12,17-19H,7-8,11H2,1-4H3. The maximum Gasteiger partial charge on any atom is 0.0538 e. The average Bonchev–Trinajstić information content (AvgIpc) is 3.06. The number of nitrogens with one attached hydrogen (secondary N) is 1. The highest BCUT2D eigenvalue weighted by Gasteiger charge is 2.24. The van der Waals surface area contributed by atoms with E-state index in [0.717, 1.165) is 6.54 Å². The van der Waals surface area contributed by atoms with Crippen LogP contribution in [0.15, 0.2) is 30.6 Å². The second kappa shape index (κ2) is 6.23. The molecule has 0 aliphatic heterocycles. The van der Waals surface area contributed by atoms with Crippen LogP contribution in [0.2, 0.25) is 0 Å². The van der Waals surface area contributed by atoms with Gasteiger partial charge in [-0.25, -0.2) is 0 Å². The highest BCUT2D eigenvalue weighted by molar-refractivity contribution is 5.37. The van der Waals surface area contributed by atoms with Gasteiger partial charge in [-0.2, -0.15) is 5.10 Å². The first kappa shape index (κ1) is 15.3. The fourth-order valence-corrected chi connectivity index (χ4v) is 3.40. The predicted octanol–water partition coefficient (Wildman–Crippen LogP) is 2.61. The zero-order valence-corrected chi connectivity index (χ0v) is 14.0. The van der Waals surface area contributed by atoms with E-state index in [2.05, 4.69) is 60.7 Å². The molecule has 0 amide bonds. The van der Waals surface area contributed by atoms with E-state index < -0.39 is 0 Å². The molecule has 3 rings (SSSR count). The van der Waals surface area contributed by atoms with E-state index in [1.807, 2.05) is 17.9 Å². The summed E-state index contributed by atoms with van der Waals surface area (Å²) in [6.07, 6.45) is 6.47. The van der Waals surface area contributed by atoms with Gasteiger partial charge in [0.15, 0.2) is 0 Å². The number of hydrogen-bond donors (Lipinski definition) is 1. The maximum atomic E-state index is 4.31. The zero-order valence-electron chi connectivity index (χ0n) is 14.0. The normalized spacial score (nSPS) is 18.7.